The van der Waals surface area contributed by atoms with Crippen LogP contribution in [0.25, 0.3) is 0 Å². The molecule has 1 aromatic rings. The molecule has 4 heteroatoms. The summed E-state index contributed by atoms with van der Waals surface area (Å²) < 4.78 is 3.14. The number of H-pyrrole nitrogens is 1. The van der Waals surface area contributed by atoms with Gasteiger partial charge in [0.2, 0.25) is 0 Å². The Labute approximate surface area is 101 Å². The lowest BCUT2D eigenvalue weighted by molar-refractivity contribution is 0.377. The molecule has 1 aromatic heterocycles. The van der Waals surface area contributed by atoms with E-state index in [4.69, 9.17) is 12.2 Å². The summed E-state index contributed by atoms with van der Waals surface area (Å²) in [6, 6.07) is 0.644. The van der Waals surface area contributed by atoms with Crippen LogP contribution in [0.1, 0.15) is 63.7 Å². The molecule has 0 bridgehead atoms. The van der Waals surface area contributed by atoms with Crippen LogP contribution in [0.3, 0.4) is 0 Å². The summed E-state index contributed by atoms with van der Waals surface area (Å²) in [5.41, 5.74) is 0.316. The molecule has 2 fully saturated rings. The molecule has 0 unspecified atom stereocenters. The molecule has 0 aliphatic heterocycles. The molecule has 0 spiro atoms. The van der Waals surface area contributed by atoms with Gasteiger partial charge in [0.15, 0.2) is 4.77 Å². The van der Waals surface area contributed by atoms with Gasteiger partial charge in [-0.05, 0) is 44.3 Å². The lowest BCUT2D eigenvalue weighted by atomic mass is 9.82. The van der Waals surface area contributed by atoms with E-state index in [2.05, 4.69) is 21.7 Å². The van der Waals surface area contributed by atoms with Gasteiger partial charge >= 0.3 is 0 Å². The third-order valence-electron chi connectivity index (χ3n) is 4.33. The Morgan fingerprint density at radius 3 is 2.69 bits per heavy atom. The first-order valence-corrected chi connectivity index (χ1v) is 6.85. The molecule has 2 aliphatic rings. The van der Waals surface area contributed by atoms with Crippen molar-refractivity contribution < 1.29 is 0 Å². The van der Waals surface area contributed by atoms with E-state index in [9.17, 15) is 0 Å². The van der Waals surface area contributed by atoms with Crippen LogP contribution in [0, 0.1) is 4.77 Å². The van der Waals surface area contributed by atoms with E-state index < -0.39 is 0 Å². The molecule has 0 atom stereocenters. The topological polar surface area (TPSA) is 33.6 Å². The highest BCUT2D eigenvalue weighted by Crippen LogP contribution is 2.46. The Bertz CT molecular complexity index is 435. The molecule has 3 rings (SSSR count). The fourth-order valence-corrected chi connectivity index (χ4v) is 3.42. The molecular weight excluding hydrogens is 218 g/mol. The first kappa shape index (κ1) is 10.5. The van der Waals surface area contributed by atoms with Crippen LogP contribution in [0.4, 0.5) is 0 Å². The molecular formula is C12H19N3S. The van der Waals surface area contributed by atoms with E-state index in [0.29, 0.717) is 11.5 Å². The summed E-state index contributed by atoms with van der Waals surface area (Å²) in [7, 11) is 0. The zero-order valence-electron chi connectivity index (χ0n) is 9.83. The highest BCUT2D eigenvalue weighted by Gasteiger charge is 2.40. The molecule has 2 saturated carbocycles. The number of hydrogen-bond acceptors (Lipinski definition) is 2. The average Bonchev–Trinajstić information content (AvgIpc) is 2.88. The normalized spacial score (nSPS) is 23.8. The van der Waals surface area contributed by atoms with E-state index in [1.807, 2.05) is 0 Å². The molecule has 3 nitrogen and oxygen atoms in total. The van der Waals surface area contributed by atoms with Crippen molar-refractivity contribution >= 4 is 12.2 Å². The smallest absolute Gasteiger partial charge is 0.195 e. The summed E-state index contributed by atoms with van der Waals surface area (Å²) in [4.78, 5) is 0. The fraction of sp³-hybridized carbons (Fsp3) is 0.833. The maximum Gasteiger partial charge on any atom is 0.195 e. The second kappa shape index (κ2) is 3.69. The molecule has 2 aliphatic carbocycles. The zero-order chi connectivity index (χ0) is 11.2. The Balaban J connectivity index is 2.07. The minimum atomic E-state index is 0.316. The SMILES string of the molecule is CCC1(c2n[nH]c(=S)n2C2CC2)CCCC1. The van der Waals surface area contributed by atoms with E-state index >= 15 is 0 Å². The number of hydrogen-bond donors (Lipinski definition) is 1. The molecule has 0 saturated heterocycles. The lowest BCUT2D eigenvalue weighted by Crippen LogP contribution is -2.26. The van der Waals surface area contributed by atoms with E-state index in [1.54, 1.807) is 0 Å². The van der Waals surface area contributed by atoms with Gasteiger partial charge in [0.25, 0.3) is 0 Å². The average molecular weight is 237 g/mol. The van der Waals surface area contributed by atoms with Gasteiger partial charge in [-0.1, -0.05) is 19.8 Å². The molecule has 0 amide bonds. The Morgan fingerprint density at radius 2 is 2.12 bits per heavy atom. The quantitative estimate of drug-likeness (QED) is 0.816. The van der Waals surface area contributed by atoms with Crippen molar-refractivity contribution in [2.75, 3.05) is 0 Å². The first-order valence-electron chi connectivity index (χ1n) is 6.44. The Hall–Kier alpha value is -0.640. The fourth-order valence-electron chi connectivity index (χ4n) is 3.14. The van der Waals surface area contributed by atoms with Gasteiger partial charge in [-0.15, -0.1) is 0 Å². The van der Waals surface area contributed by atoms with Crippen LogP contribution >= 0.6 is 12.2 Å². The highest BCUT2D eigenvalue weighted by molar-refractivity contribution is 7.71. The summed E-state index contributed by atoms with van der Waals surface area (Å²) >= 11 is 5.37. The standard InChI is InChI=1S/C12H19N3S/c1-2-12(7-3-4-8-12)10-13-14-11(16)15(10)9-5-6-9/h9H,2-8H2,1H3,(H,14,16). The van der Waals surface area contributed by atoms with Crippen molar-refractivity contribution in [3.8, 4) is 0 Å². The van der Waals surface area contributed by atoms with Crippen LogP contribution in [0.15, 0.2) is 0 Å². The van der Waals surface area contributed by atoms with Crippen molar-refractivity contribution in [1.29, 1.82) is 0 Å². The van der Waals surface area contributed by atoms with Gasteiger partial charge < -0.3 is 4.57 Å². The number of nitrogens with one attached hydrogen (secondary N) is 1. The summed E-state index contributed by atoms with van der Waals surface area (Å²) in [6.45, 7) is 2.29. The highest BCUT2D eigenvalue weighted by atomic mass is 32.1. The minimum absolute atomic E-state index is 0.316. The maximum atomic E-state index is 5.37. The number of rotatable bonds is 3. The molecule has 0 radical (unpaired) electrons. The van der Waals surface area contributed by atoms with Crippen molar-refractivity contribution in [3.63, 3.8) is 0 Å². The number of aromatic nitrogens is 3. The molecule has 1 heterocycles. The molecule has 0 aromatic carbocycles. The van der Waals surface area contributed by atoms with Gasteiger partial charge in [-0.3, -0.25) is 5.10 Å². The first-order chi connectivity index (χ1) is 7.77. The van der Waals surface area contributed by atoms with Gasteiger partial charge in [0, 0.05) is 11.5 Å². The van der Waals surface area contributed by atoms with Crippen LogP contribution < -0.4 is 0 Å². The summed E-state index contributed by atoms with van der Waals surface area (Å²) in [5.74, 6) is 1.25. The Morgan fingerprint density at radius 1 is 1.44 bits per heavy atom. The zero-order valence-corrected chi connectivity index (χ0v) is 10.6. The number of nitrogens with zero attached hydrogens (tertiary/aromatic N) is 2. The van der Waals surface area contributed by atoms with E-state index in [0.717, 1.165) is 4.77 Å². The van der Waals surface area contributed by atoms with Crippen molar-refractivity contribution in [1.82, 2.24) is 14.8 Å². The van der Waals surface area contributed by atoms with Crippen LogP contribution in [-0.4, -0.2) is 14.8 Å². The van der Waals surface area contributed by atoms with E-state index in [-0.39, 0.29) is 0 Å². The maximum absolute atomic E-state index is 5.37. The molecule has 1 N–H and O–H groups in total. The van der Waals surface area contributed by atoms with Crippen LogP contribution in [0.5, 0.6) is 0 Å². The number of aromatic amines is 1. The van der Waals surface area contributed by atoms with E-state index in [1.165, 1.54) is 50.8 Å². The predicted molar refractivity (Wildman–Crippen MR) is 66.1 cm³/mol. The lowest BCUT2D eigenvalue weighted by Gasteiger charge is -2.26. The largest absolute Gasteiger partial charge is 0.301 e. The van der Waals surface area contributed by atoms with Gasteiger partial charge in [0.05, 0.1) is 0 Å². The van der Waals surface area contributed by atoms with Gasteiger partial charge in [0.1, 0.15) is 5.82 Å². The van der Waals surface area contributed by atoms with Gasteiger partial charge in [-0.25, -0.2) is 0 Å². The van der Waals surface area contributed by atoms with Crippen LogP contribution in [-0.2, 0) is 5.41 Å². The van der Waals surface area contributed by atoms with Crippen LogP contribution in [0.2, 0.25) is 0 Å². The third-order valence-corrected chi connectivity index (χ3v) is 4.62. The second-order valence-electron chi connectivity index (χ2n) is 5.29. The second-order valence-corrected chi connectivity index (χ2v) is 5.68. The monoisotopic (exact) mass is 237 g/mol. The summed E-state index contributed by atoms with van der Waals surface area (Å²) in [6.07, 6.45) is 9.02. The van der Waals surface area contributed by atoms with Gasteiger partial charge in [-0.2, -0.15) is 5.10 Å². The van der Waals surface area contributed by atoms with Crippen molar-refractivity contribution in [3.05, 3.63) is 10.6 Å². The Kier molecular flexibility index (Phi) is 2.42. The summed E-state index contributed by atoms with van der Waals surface area (Å²) in [5, 5.41) is 7.56. The van der Waals surface area contributed by atoms with Crippen molar-refractivity contribution in [2.24, 2.45) is 0 Å². The van der Waals surface area contributed by atoms with Crippen molar-refractivity contribution in [2.45, 2.75) is 63.3 Å². The third kappa shape index (κ3) is 1.46. The molecule has 16 heavy (non-hydrogen) atoms. The molecule has 88 valence electrons. The predicted octanol–water partition coefficient (Wildman–Crippen LogP) is 3.50. The minimum Gasteiger partial charge on any atom is -0.301 e.